The van der Waals surface area contributed by atoms with Crippen LogP contribution in [0.4, 0.5) is 0 Å². The van der Waals surface area contributed by atoms with Crippen LogP contribution in [-0.4, -0.2) is 19.5 Å². The minimum atomic E-state index is -0.826. The Morgan fingerprint density at radius 2 is 1.03 bits per heavy atom. The van der Waals surface area contributed by atoms with Gasteiger partial charge in [-0.3, -0.25) is 9.97 Å². The summed E-state index contributed by atoms with van der Waals surface area (Å²) >= 11 is -0.826. The van der Waals surface area contributed by atoms with Crippen LogP contribution in [0.2, 0.25) is 13.1 Å². The first-order chi connectivity index (χ1) is 18.5. The molecule has 6 rings (SSSR count). The van der Waals surface area contributed by atoms with Crippen molar-refractivity contribution in [2.75, 3.05) is 0 Å². The molecule has 0 saturated carbocycles. The Balaban J connectivity index is 0.000000175. The van der Waals surface area contributed by atoms with Crippen LogP contribution in [0.15, 0.2) is 109 Å². The van der Waals surface area contributed by atoms with Crippen LogP contribution in [0.5, 0.6) is 0 Å². The van der Waals surface area contributed by atoms with Crippen LogP contribution in [-0.2, 0) is 20.8 Å². The average Bonchev–Trinajstić information content (AvgIpc) is 3.51. The molecule has 0 aliphatic heterocycles. The van der Waals surface area contributed by atoms with Crippen LogP contribution in [0.25, 0.3) is 44.1 Å². The van der Waals surface area contributed by atoms with E-state index in [9.17, 15) is 0 Å². The van der Waals surface area contributed by atoms with Crippen molar-refractivity contribution >= 4 is 48.1 Å². The Kier molecular flexibility index (Phi) is 12.6. The second kappa shape index (κ2) is 15.9. The molecule has 0 bridgehead atoms. The van der Waals surface area contributed by atoms with Crippen LogP contribution in [0, 0.1) is 13.8 Å². The number of rotatable bonds is 2. The second-order valence-corrected chi connectivity index (χ2v) is 13.4. The maximum atomic E-state index is 4.93. The molecule has 2 heterocycles. The van der Waals surface area contributed by atoms with E-state index in [-0.39, 0.29) is 0 Å². The summed E-state index contributed by atoms with van der Waals surface area (Å²) in [6.07, 6.45) is 3.67. The van der Waals surface area contributed by atoms with Gasteiger partial charge in [-0.1, -0.05) is 51.2 Å². The third-order valence-electron chi connectivity index (χ3n) is 5.67. The van der Waals surface area contributed by atoms with Gasteiger partial charge in [0.1, 0.15) is 0 Å². The van der Waals surface area contributed by atoms with Crippen molar-refractivity contribution in [3.8, 4) is 22.5 Å². The van der Waals surface area contributed by atoms with Gasteiger partial charge in [-0.05, 0) is 35.4 Å². The number of halogens is 2. The molecule has 0 aliphatic carbocycles. The van der Waals surface area contributed by atoms with E-state index in [4.69, 9.17) is 17.0 Å². The van der Waals surface area contributed by atoms with Gasteiger partial charge in [0.05, 0.1) is 11.4 Å². The van der Waals surface area contributed by atoms with Gasteiger partial charge in [0.2, 0.25) is 0 Å². The molecule has 2 nitrogen and oxygen atoms in total. The molecule has 0 saturated heterocycles. The van der Waals surface area contributed by atoms with E-state index in [0.29, 0.717) is 0 Å². The first-order valence-electron chi connectivity index (χ1n) is 12.2. The Morgan fingerprint density at radius 3 is 1.37 bits per heavy atom. The molecule has 0 fully saturated rings. The number of nitrogens with zero attached hydrogens (tertiary/aromatic N) is 2. The molecule has 0 atom stereocenters. The zero-order chi connectivity index (χ0) is 27.3. The molecule has 6 aromatic rings. The van der Waals surface area contributed by atoms with Gasteiger partial charge in [-0.15, -0.1) is 69.1 Å². The van der Waals surface area contributed by atoms with Crippen molar-refractivity contribution in [2.24, 2.45) is 0 Å². The topological polar surface area (TPSA) is 25.8 Å². The van der Waals surface area contributed by atoms with Gasteiger partial charge < -0.3 is 0 Å². The fraction of sp³-hybridized carbons (Fsp3) is 0.125. The molecule has 0 spiro atoms. The number of aromatic nitrogens is 2. The molecule has 6 heteroatoms. The summed E-state index contributed by atoms with van der Waals surface area (Å²) in [6.45, 7) is 8.56. The van der Waals surface area contributed by atoms with E-state index in [1.807, 2.05) is 36.7 Å². The summed E-state index contributed by atoms with van der Waals surface area (Å²) in [5.74, 6) is 0. The van der Waals surface area contributed by atoms with Crippen LogP contribution in [0.1, 0.15) is 11.1 Å². The first kappa shape index (κ1) is 30.2. The first-order valence-corrected chi connectivity index (χ1v) is 20.5. The Labute approximate surface area is 247 Å². The molecule has 38 heavy (non-hydrogen) atoms. The average molecular weight is 633 g/mol. The van der Waals surface area contributed by atoms with E-state index in [1.165, 1.54) is 43.8 Å². The third-order valence-corrected chi connectivity index (χ3v) is 5.67. The molecule has 0 unspecified atom stereocenters. The van der Waals surface area contributed by atoms with E-state index in [0.717, 1.165) is 20.9 Å². The van der Waals surface area contributed by atoms with Crippen molar-refractivity contribution in [2.45, 2.75) is 26.9 Å². The summed E-state index contributed by atoms with van der Waals surface area (Å²) in [6, 6.07) is 33.6. The Morgan fingerprint density at radius 1 is 0.632 bits per heavy atom. The van der Waals surface area contributed by atoms with Crippen LogP contribution < -0.4 is 0 Å². The zero-order valence-corrected chi connectivity index (χ0v) is 27.0. The van der Waals surface area contributed by atoms with Crippen molar-refractivity contribution in [1.82, 2.24) is 9.97 Å². The standard InChI is InChI=1S/2C15H12N.C2H6Si.2ClH.Zr/c2*1-11-9-12-5-4-6-13(14(12)10-11)15-7-2-3-8-16-15;1-3-2;;;/h2*2-10H,1H3;1-2H3;2*1H;/q2*-1;;;;+4/p-2. The minimum absolute atomic E-state index is 0.826. The van der Waals surface area contributed by atoms with E-state index in [1.54, 1.807) is 0 Å². The molecule has 2 aromatic heterocycles. The summed E-state index contributed by atoms with van der Waals surface area (Å²) in [5.41, 5.74) is 7.12. The molecular weight excluding hydrogens is 603 g/mol. The summed E-state index contributed by atoms with van der Waals surface area (Å²) in [7, 11) is 11.0. The van der Waals surface area contributed by atoms with Crippen LogP contribution in [0.3, 0.4) is 0 Å². The summed E-state index contributed by atoms with van der Waals surface area (Å²) < 4.78 is 0. The third kappa shape index (κ3) is 8.32. The van der Waals surface area contributed by atoms with E-state index < -0.39 is 20.8 Å². The van der Waals surface area contributed by atoms with Crippen molar-refractivity contribution in [1.29, 1.82) is 0 Å². The quantitative estimate of drug-likeness (QED) is 0.140. The monoisotopic (exact) mass is 630 g/mol. The molecule has 0 aliphatic rings. The number of benzene rings is 2. The number of hydrogen-bond donors (Lipinski definition) is 0. The summed E-state index contributed by atoms with van der Waals surface area (Å²) in [5, 5.41) is 5.17. The van der Waals surface area contributed by atoms with Gasteiger partial charge in [0.15, 0.2) is 0 Å². The van der Waals surface area contributed by atoms with E-state index >= 15 is 0 Å². The van der Waals surface area contributed by atoms with Gasteiger partial charge in [-0.2, -0.15) is 12.1 Å². The van der Waals surface area contributed by atoms with Gasteiger partial charge >= 0.3 is 37.9 Å². The fourth-order valence-corrected chi connectivity index (χ4v) is 4.26. The normalized spacial score (nSPS) is 9.84. The number of fused-ring (bicyclic) bond motifs is 2. The summed E-state index contributed by atoms with van der Waals surface area (Å²) in [4.78, 5) is 8.82. The molecule has 190 valence electrons. The van der Waals surface area contributed by atoms with E-state index in [2.05, 4.69) is 110 Å². The molecule has 0 N–H and O–H groups in total. The predicted octanol–water partition coefficient (Wildman–Crippen LogP) is 10.0. The van der Waals surface area contributed by atoms with Crippen molar-refractivity contribution < 1.29 is 20.8 Å². The molecule has 0 amide bonds. The second-order valence-electron chi connectivity index (χ2n) is 8.68. The molecule has 2 radical (unpaired) electrons. The number of aryl methyl sites for hydroxylation is 2. The van der Waals surface area contributed by atoms with Crippen LogP contribution >= 0.6 is 17.0 Å². The Hall–Kier alpha value is -2.36. The van der Waals surface area contributed by atoms with Gasteiger partial charge in [0.25, 0.3) is 0 Å². The number of pyridine rings is 2. The van der Waals surface area contributed by atoms with Crippen molar-refractivity contribution in [3.05, 3.63) is 121 Å². The van der Waals surface area contributed by atoms with Gasteiger partial charge in [-0.25, -0.2) is 0 Å². The zero-order valence-electron chi connectivity index (χ0n) is 22.0. The Bertz CT molecular complexity index is 1410. The van der Waals surface area contributed by atoms with Crippen molar-refractivity contribution in [3.63, 3.8) is 0 Å². The number of hydrogen-bond acceptors (Lipinski definition) is 2. The SMILES string of the molecule is C[Si]C.Cc1cc2c(-c3ccccn3)cccc2[cH-]1.Cc1cc2c(-c3ccccn3)cccc2[cH-]1.[Cl][Zr+2][Cl]. The molecule has 4 aromatic carbocycles. The molecular formula is C32H30Cl2N2SiZr. The fourth-order valence-electron chi connectivity index (χ4n) is 4.26. The predicted molar refractivity (Wildman–Crippen MR) is 164 cm³/mol. The van der Waals surface area contributed by atoms with Gasteiger partial charge in [0, 0.05) is 21.9 Å². The maximum absolute atomic E-state index is 4.93.